The molecule has 2 atom stereocenters. The lowest BCUT2D eigenvalue weighted by atomic mass is 9.90. The highest BCUT2D eigenvalue weighted by Gasteiger charge is 2.39. The van der Waals surface area contributed by atoms with E-state index in [0.29, 0.717) is 11.5 Å². The first-order valence-electron chi connectivity index (χ1n) is 7.84. The van der Waals surface area contributed by atoms with Gasteiger partial charge in [-0.15, -0.1) is 0 Å². The molecule has 18 heavy (non-hydrogen) atoms. The van der Waals surface area contributed by atoms with Crippen LogP contribution in [0.15, 0.2) is 0 Å². The maximum absolute atomic E-state index is 3.78. The molecule has 2 fully saturated rings. The second kappa shape index (κ2) is 5.50. The predicted octanol–water partition coefficient (Wildman–Crippen LogP) is 3.13. The van der Waals surface area contributed by atoms with Crippen LogP contribution >= 0.6 is 0 Å². The van der Waals surface area contributed by atoms with Gasteiger partial charge >= 0.3 is 0 Å². The fraction of sp³-hybridized carbons (Fsp3) is 1.00. The van der Waals surface area contributed by atoms with Crippen LogP contribution in [-0.4, -0.2) is 36.6 Å². The third-order valence-electron chi connectivity index (χ3n) is 4.61. The Bertz CT molecular complexity index is 263. The van der Waals surface area contributed by atoms with Gasteiger partial charge in [-0.3, -0.25) is 4.90 Å². The number of rotatable bonds is 4. The maximum Gasteiger partial charge on any atom is 0.0249 e. The Morgan fingerprint density at radius 2 is 1.89 bits per heavy atom. The molecule has 2 nitrogen and oxygen atoms in total. The number of nitrogens with zero attached hydrogens (tertiary/aromatic N) is 1. The highest BCUT2D eigenvalue weighted by Crippen LogP contribution is 2.37. The van der Waals surface area contributed by atoms with Crippen LogP contribution in [0, 0.1) is 17.3 Å². The molecule has 106 valence electrons. The lowest BCUT2D eigenvalue weighted by Gasteiger charge is -2.43. The summed E-state index contributed by atoms with van der Waals surface area (Å²) in [5, 5.41) is 3.78. The highest BCUT2D eigenvalue weighted by atomic mass is 15.2. The molecule has 0 aromatic rings. The van der Waals surface area contributed by atoms with Crippen molar-refractivity contribution < 1.29 is 0 Å². The highest BCUT2D eigenvalue weighted by molar-refractivity contribution is 4.95. The van der Waals surface area contributed by atoms with E-state index in [4.69, 9.17) is 0 Å². The second-order valence-corrected chi connectivity index (χ2v) is 7.97. The zero-order chi connectivity index (χ0) is 13.3. The zero-order valence-electron chi connectivity index (χ0n) is 13.0. The summed E-state index contributed by atoms with van der Waals surface area (Å²) < 4.78 is 0. The Balaban J connectivity index is 1.91. The van der Waals surface area contributed by atoms with Gasteiger partial charge in [-0.25, -0.2) is 0 Å². The Morgan fingerprint density at radius 3 is 2.39 bits per heavy atom. The molecule has 1 aliphatic carbocycles. The number of hydrogen-bond donors (Lipinski definition) is 1. The van der Waals surface area contributed by atoms with E-state index in [1.807, 2.05) is 0 Å². The van der Waals surface area contributed by atoms with Gasteiger partial charge in [-0.1, -0.05) is 34.6 Å². The maximum atomic E-state index is 3.78. The Kier molecular flexibility index (Phi) is 4.38. The smallest absolute Gasteiger partial charge is 0.0249 e. The molecule has 2 unspecified atom stereocenters. The lowest BCUT2D eigenvalue weighted by Crippen LogP contribution is -2.59. The summed E-state index contributed by atoms with van der Waals surface area (Å²) >= 11 is 0. The summed E-state index contributed by atoms with van der Waals surface area (Å²) in [5.74, 6) is 1.74. The van der Waals surface area contributed by atoms with Crippen molar-refractivity contribution in [3.05, 3.63) is 0 Å². The fourth-order valence-corrected chi connectivity index (χ4v) is 2.98. The van der Waals surface area contributed by atoms with Crippen LogP contribution in [-0.2, 0) is 0 Å². The molecule has 0 spiro atoms. The van der Waals surface area contributed by atoms with Gasteiger partial charge in [-0.2, -0.15) is 0 Å². The van der Waals surface area contributed by atoms with E-state index >= 15 is 0 Å². The molecule has 1 saturated carbocycles. The van der Waals surface area contributed by atoms with E-state index in [0.717, 1.165) is 17.9 Å². The van der Waals surface area contributed by atoms with Crippen molar-refractivity contribution in [2.45, 2.75) is 66.0 Å². The molecular formula is C16H32N2. The first-order chi connectivity index (χ1) is 8.37. The molecule has 0 aromatic carbocycles. The minimum atomic E-state index is 0.465. The average molecular weight is 252 g/mol. The third-order valence-corrected chi connectivity index (χ3v) is 4.61. The van der Waals surface area contributed by atoms with Crippen LogP contribution in [0.3, 0.4) is 0 Å². The average Bonchev–Trinajstić information content (AvgIpc) is 3.08. The molecule has 0 radical (unpaired) electrons. The van der Waals surface area contributed by atoms with Gasteiger partial charge in [0.15, 0.2) is 0 Å². The number of hydrogen-bond acceptors (Lipinski definition) is 2. The summed E-state index contributed by atoms with van der Waals surface area (Å²) in [7, 11) is 0. The summed E-state index contributed by atoms with van der Waals surface area (Å²) in [6.07, 6.45) is 4.25. The van der Waals surface area contributed by atoms with Crippen molar-refractivity contribution in [2.75, 3.05) is 19.6 Å². The van der Waals surface area contributed by atoms with Gasteiger partial charge in [0.2, 0.25) is 0 Å². The fourth-order valence-electron chi connectivity index (χ4n) is 2.98. The van der Waals surface area contributed by atoms with E-state index in [2.05, 4.69) is 44.8 Å². The van der Waals surface area contributed by atoms with Crippen molar-refractivity contribution >= 4 is 0 Å². The molecule has 1 saturated heterocycles. The molecule has 0 bridgehead atoms. The summed E-state index contributed by atoms with van der Waals surface area (Å²) in [6, 6.07) is 1.52. The first-order valence-corrected chi connectivity index (χ1v) is 7.84. The summed E-state index contributed by atoms with van der Waals surface area (Å²) in [4.78, 5) is 2.80. The van der Waals surface area contributed by atoms with Gasteiger partial charge in [0.05, 0.1) is 0 Å². The topological polar surface area (TPSA) is 15.3 Å². The molecule has 1 N–H and O–H groups in total. The van der Waals surface area contributed by atoms with E-state index in [-0.39, 0.29) is 0 Å². The van der Waals surface area contributed by atoms with Gasteiger partial charge in [-0.05, 0) is 43.1 Å². The third kappa shape index (κ3) is 3.96. The zero-order valence-corrected chi connectivity index (χ0v) is 13.0. The molecule has 2 heteroatoms. The van der Waals surface area contributed by atoms with Crippen LogP contribution in [0.4, 0.5) is 0 Å². The largest absolute Gasteiger partial charge is 0.311 e. The quantitative estimate of drug-likeness (QED) is 0.827. The first kappa shape index (κ1) is 14.3. The van der Waals surface area contributed by atoms with Gasteiger partial charge in [0.25, 0.3) is 0 Å². The van der Waals surface area contributed by atoms with Crippen LogP contribution < -0.4 is 5.32 Å². The van der Waals surface area contributed by atoms with E-state index in [9.17, 15) is 0 Å². The summed E-state index contributed by atoms with van der Waals surface area (Å²) in [5.41, 5.74) is 0.465. The van der Waals surface area contributed by atoms with Crippen molar-refractivity contribution in [1.29, 1.82) is 0 Å². The standard InChI is InChI=1S/C16H32N2/c1-12(2)14-11-18(9-8-16(3,4)5)15(10-17-14)13-6-7-13/h12-15,17H,6-11H2,1-5H3. The van der Waals surface area contributed by atoms with Crippen molar-refractivity contribution in [2.24, 2.45) is 17.3 Å². The molecule has 1 heterocycles. The van der Waals surface area contributed by atoms with Crippen LogP contribution in [0.2, 0.25) is 0 Å². The number of piperazine rings is 1. The Morgan fingerprint density at radius 1 is 1.22 bits per heavy atom. The molecular weight excluding hydrogens is 220 g/mol. The molecule has 2 aliphatic rings. The van der Waals surface area contributed by atoms with Crippen LogP contribution in [0.5, 0.6) is 0 Å². The monoisotopic (exact) mass is 252 g/mol. The molecule has 2 rings (SSSR count). The minimum absolute atomic E-state index is 0.465. The van der Waals surface area contributed by atoms with Crippen molar-refractivity contribution in [3.8, 4) is 0 Å². The van der Waals surface area contributed by atoms with Crippen LogP contribution in [0.1, 0.15) is 53.9 Å². The minimum Gasteiger partial charge on any atom is -0.311 e. The van der Waals surface area contributed by atoms with Crippen molar-refractivity contribution in [1.82, 2.24) is 10.2 Å². The SMILES string of the molecule is CC(C)C1CN(CCC(C)(C)C)C(C2CC2)CN1. The second-order valence-electron chi connectivity index (χ2n) is 7.97. The Labute approximate surface area is 114 Å². The molecule has 0 amide bonds. The summed E-state index contributed by atoms with van der Waals surface area (Å²) in [6.45, 7) is 15.5. The van der Waals surface area contributed by atoms with Crippen molar-refractivity contribution in [3.63, 3.8) is 0 Å². The van der Waals surface area contributed by atoms with E-state index < -0.39 is 0 Å². The normalized spacial score (nSPS) is 31.0. The lowest BCUT2D eigenvalue weighted by molar-refractivity contribution is 0.0878. The molecule has 1 aliphatic heterocycles. The van der Waals surface area contributed by atoms with E-state index in [1.165, 1.54) is 38.9 Å². The number of nitrogens with one attached hydrogen (secondary N) is 1. The Hall–Kier alpha value is -0.0800. The van der Waals surface area contributed by atoms with Gasteiger partial charge in [0, 0.05) is 25.2 Å². The molecule has 0 aromatic heterocycles. The van der Waals surface area contributed by atoms with Gasteiger partial charge < -0.3 is 5.32 Å². The van der Waals surface area contributed by atoms with Gasteiger partial charge in [0.1, 0.15) is 0 Å². The van der Waals surface area contributed by atoms with E-state index in [1.54, 1.807) is 0 Å². The van der Waals surface area contributed by atoms with Crippen LogP contribution in [0.25, 0.3) is 0 Å². The predicted molar refractivity (Wildman–Crippen MR) is 78.8 cm³/mol.